The number of amides is 1. The fourth-order valence-electron chi connectivity index (χ4n) is 2.03. The number of likely N-dealkylation sites (N-methyl/N-ethyl adjacent to an activating group) is 1. The van der Waals surface area contributed by atoms with E-state index in [1.54, 1.807) is 12.1 Å². The van der Waals surface area contributed by atoms with E-state index < -0.39 is 0 Å². The van der Waals surface area contributed by atoms with Crippen LogP contribution in [0.15, 0.2) is 18.2 Å². The topological polar surface area (TPSA) is 58.8 Å². The van der Waals surface area contributed by atoms with Crippen molar-refractivity contribution in [2.75, 3.05) is 45.6 Å². The van der Waals surface area contributed by atoms with E-state index in [1.165, 1.54) is 0 Å². The highest BCUT2D eigenvalue weighted by Crippen LogP contribution is 2.18. The van der Waals surface area contributed by atoms with Gasteiger partial charge in [-0.1, -0.05) is 0 Å². The molecule has 19 heavy (non-hydrogen) atoms. The van der Waals surface area contributed by atoms with Crippen LogP contribution >= 0.6 is 0 Å². The summed E-state index contributed by atoms with van der Waals surface area (Å²) in [6.45, 7) is 5.41. The van der Waals surface area contributed by atoms with Crippen LogP contribution < -0.4 is 10.5 Å². The molecule has 0 unspecified atom stereocenters. The van der Waals surface area contributed by atoms with E-state index >= 15 is 0 Å². The Morgan fingerprint density at radius 2 is 2.00 bits per heavy atom. The number of piperazine rings is 1. The molecule has 0 spiro atoms. The molecule has 104 valence electrons. The molecule has 1 aliphatic rings. The maximum Gasteiger partial charge on any atom is 0.260 e. The number of hydrogen-bond donors (Lipinski definition) is 1. The number of benzene rings is 1. The first kappa shape index (κ1) is 13.7. The lowest BCUT2D eigenvalue weighted by Crippen LogP contribution is -2.48. The minimum Gasteiger partial charge on any atom is -0.484 e. The van der Waals surface area contributed by atoms with Crippen LogP contribution in [0, 0.1) is 6.92 Å². The van der Waals surface area contributed by atoms with E-state index in [-0.39, 0.29) is 12.5 Å². The monoisotopic (exact) mass is 263 g/mol. The number of hydrogen-bond acceptors (Lipinski definition) is 4. The van der Waals surface area contributed by atoms with Gasteiger partial charge >= 0.3 is 0 Å². The Bertz CT molecular complexity index is 454. The molecule has 0 bridgehead atoms. The Balaban J connectivity index is 1.84. The quantitative estimate of drug-likeness (QED) is 0.817. The van der Waals surface area contributed by atoms with Gasteiger partial charge in [0.1, 0.15) is 5.75 Å². The second-order valence-electron chi connectivity index (χ2n) is 4.99. The third kappa shape index (κ3) is 3.61. The summed E-state index contributed by atoms with van der Waals surface area (Å²) in [6.07, 6.45) is 0. The van der Waals surface area contributed by atoms with Crippen LogP contribution in [-0.4, -0.2) is 55.5 Å². The first-order chi connectivity index (χ1) is 9.06. The SMILES string of the molecule is Cc1cc(OCC(=O)N2CCN(C)CC2)ccc1N. The number of nitrogens with two attached hydrogens (primary N) is 1. The second kappa shape index (κ2) is 5.93. The maximum absolute atomic E-state index is 12.0. The summed E-state index contributed by atoms with van der Waals surface area (Å²) in [4.78, 5) is 16.1. The summed E-state index contributed by atoms with van der Waals surface area (Å²) >= 11 is 0. The molecule has 0 atom stereocenters. The van der Waals surface area contributed by atoms with E-state index in [2.05, 4.69) is 11.9 Å². The van der Waals surface area contributed by atoms with Gasteiger partial charge in [-0.15, -0.1) is 0 Å². The van der Waals surface area contributed by atoms with Crippen molar-refractivity contribution in [1.29, 1.82) is 0 Å². The Kier molecular flexibility index (Phi) is 4.27. The Hall–Kier alpha value is -1.75. The molecule has 1 amide bonds. The Morgan fingerprint density at radius 1 is 1.32 bits per heavy atom. The van der Waals surface area contributed by atoms with Crippen LogP contribution in [0.1, 0.15) is 5.56 Å². The largest absolute Gasteiger partial charge is 0.484 e. The van der Waals surface area contributed by atoms with Gasteiger partial charge in [-0.25, -0.2) is 0 Å². The summed E-state index contributed by atoms with van der Waals surface area (Å²) in [7, 11) is 2.06. The lowest BCUT2D eigenvalue weighted by atomic mass is 10.2. The van der Waals surface area contributed by atoms with Gasteiger partial charge in [-0.3, -0.25) is 4.79 Å². The van der Waals surface area contributed by atoms with Crippen molar-refractivity contribution in [3.8, 4) is 5.75 Å². The first-order valence-corrected chi connectivity index (χ1v) is 6.51. The lowest BCUT2D eigenvalue weighted by molar-refractivity contribution is -0.134. The summed E-state index contributed by atoms with van der Waals surface area (Å²) in [5.41, 5.74) is 7.44. The number of anilines is 1. The van der Waals surface area contributed by atoms with E-state index in [0.717, 1.165) is 37.4 Å². The third-order valence-electron chi connectivity index (χ3n) is 3.46. The second-order valence-corrected chi connectivity index (χ2v) is 4.99. The van der Waals surface area contributed by atoms with Gasteiger partial charge in [0, 0.05) is 31.9 Å². The van der Waals surface area contributed by atoms with Crippen molar-refractivity contribution in [1.82, 2.24) is 9.80 Å². The average Bonchev–Trinajstić information content (AvgIpc) is 2.40. The molecule has 0 radical (unpaired) electrons. The van der Waals surface area contributed by atoms with E-state index in [0.29, 0.717) is 5.75 Å². The van der Waals surface area contributed by atoms with Crippen molar-refractivity contribution < 1.29 is 9.53 Å². The highest BCUT2D eigenvalue weighted by molar-refractivity contribution is 5.77. The summed E-state index contributed by atoms with van der Waals surface area (Å²) < 4.78 is 5.52. The molecule has 2 rings (SSSR count). The summed E-state index contributed by atoms with van der Waals surface area (Å²) in [5, 5.41) is 0. The summed E-state index contributed by atoms with van der Waals surface area (Å²) in [6, 6.07) is 5.44. The summed E-state index contributed by atoms with van der Waals surface area (Å²) in [5.74, 6) is 0.733. The molecule has 1 heterocycles. The molecule has 0 aromatic heterocycles. The van der Waals surface area contributed by atoms with Crippen LogP contribution in [0.25, 0.3) is 0 Å². The predicted octanol–water partition coefficient (Wildman–Crippen LogP) is 0.730. The van der Waals surface area contributed by atoms with Crippen molar-refractivity contribution in [3.05, 3.63) is 23.8 Å². The molecular formula is C14H21N3O2. The standard InChI is InChI=1S/C14H21N3O2/c1-11-9-12(3-4-13(11)15)19-10-14(18)17-7-5-16(2)6-8-17/h3-4,9H,5-8,10,15H2,1-2H3. The highest BCUT2D eigenvalue weighted by Gasteiger charge is 2.19. The number of ether oxygens (including phenoxy) is 1. The van der Waals surface area contributed by atoms with Crippen LogP contribution in [0.2, 0.25) is 0 Å². The maximum atomic E-state index is 12.0. The molecule has 1 fully saturated rings. The zero-order valence-corrected chi connectivity index (χ0v) is 11.6. The Morgan fingerprint density at radius 3 is 2.63 bits per heavy atom. The normalized spacial score (nSPS) is 16.4. The predicted molar refractivity (Wildman–Crippen MR) is 75.2 cm³/mol. The molecule has 1 aromatic carbocycles. The number of nitrogens with zero attached hydrogens (tertiary/aromatic N) is 2. The molecule has 1 saturated heterocycles. The van der Waals surface area contributed by atoms with Gasteiger partial charge < -0.3 is 20.3 Å². The van der Waals surface area contributed by atoms with E-state index in [4.69, 9.17) is 10.5 Å². The molecule has 5 nitrogen and oxygen atoms in total. The molecule has 5 heteroatoms. The van der Waals surface area contributed by atoms with Gasteiger partial charge in [-0.05, 0) is 37.7 Å². The fourth-order valence-corrected chi connectivity index (χ4v) is 2.03. The van der Waals surface area contributed by atoms with Gasteiger partial charge in [0.15, 0.2) is 6.61 Å². The highest BCUT2D eigenvalue weighted by atomic mass is 16.5. The Labute approximate surface area is 113 Å². The molecule has 1 aromatic rings. The minimum absolute atomic E-state index is 0.0441. The first-order valence-electron chi connectivity index (χ1n) is 6.51. The van der Waals surface area contributed by atoms with Crippen LogP contribution in [-0.2, 0) is 4.79 Å². The smallest absolute Gasteiger partial charge is 0.260 e. The van der Waals surface area contributed by atoms with Crippen molar-refractivity contribution in [2.45, 2.75) is 6.92 Å². The lowest BCUT2D eigenvalue weighted by Gasteiger charge is -2.32. The minimum atomic E-state index is 0.0441. The number of nitrogen functional groups attached to an aromatic ring is 1. The third-order valence-corrected chi connectivity index (χ3v) is 3.46. The number of aryl methyl sites for hydroxylation is 1. The van der Waals surface area contributed by atoms with Crippen LogP contribution in [0.5, 0.6) is 5.75 Å². The molecule has 0 aliphatic carbocycles. The van der Waals surface area contributed by atoms with Crippen LogP contribution in [0.4, 0.5) is 5.69 Å². The van der Waals surface area contributed by atoms with E-state index in [1.807, 2.05) is 17.9 Å². The molecule has 2 N–H and O–H groups in total. The van der Waals surface area contributed by atoms with Gasteiger partial charge in [0.2, 0.25) is 0 Å². The van der Waals surface area contributed by atoms with Crippen molar-refractivity contribution in [2.24, 2.45) is 0 Å². The number of carbonyl (C=O) groups is 1. The van der Waals surface area contributed by atoms with Crippen molar-refractivity contribution in [3.63, 3.8) is 0 Å². The fraction of sp³-hybridized carbons (Fsp3) is 0.500. The molecule has 1 aliphatic heterocycles. The number of carbonyl (C=O) groups excluding carboxylic acids is 1. The van der Waals surface area contributed by atoms with Crippen LogP contribution in [0.3, 0.4) is 0 Å². The molecular weight excluding hydrogens is 242 g/mol. The average molecular weight is 263 g/mol. The van der Waals surface area contributed by atoms with Gasteiger partial charge in [0.05, 0.1) is 0 Å². The zero-order valence-electron chi connectivity index (χ0n) is 11.6. The van der Waals surface area contributed by atoms with Crippen molar-refractivity contribution >= 4 is 11.6 Å². The number of rotatable bonds is 3. The zero-order chi connectivity index (χ0) is 13.8. The van der Waals surface area contributed by atoms with Gasteiger partial charge in [-0.2, -0.15) is 0 Å². The van der Waals surface area contributed by atoms with Gasteiger partial charge in [0.25, 0.3) is 5.91 Å². The molecule has 0 saturated carbocycles. The van der Waals surface area contributed by atoms with E-state index in [9.17, 15) is 4.79 Å².